The van der Waals surface area contributed by atoms with E-state index in [2.05, 4.69) is 10.3 Å². The van der Waals surface area contributed by atoms with Crippen molar-refractivity contribution < 1.29 is 14.3 Å². The van der Waals surface area contributed by atoms with Gasteiger partial charge in [-0.1, -0.05) is 17.4 Å². The van der Waals surface area contributed by atoms with Crippen LogP contribution in [0.4, 0.5) is 5.13 Å². The lowest BCUT2D eigenvalue weighted by Gasteiger charge is -2.04. The molecule has 0 fully saturated rings. The van der Waals surface area contributed by atoms with Gasteiger partial charge in [0.05, 0.1) is 18.9 Å². The number of anilines is 1. The summed E-state index contributed by atoms with van der Waals surface area (Å²) in [4.78, 5) is 17.7. The van der Waals surface area contributed by atoms with E-state index >= 15 is 0 Å². The Hall–Kier alpha value is -2.25. The second kappa shape index (κ2) is 8.22. The second-order valence-electron chi connectivity index (χ2n) is 5.15. The minimum atomic E-state index is -0.0426. The van der Waals surface area contributed by atoms with Gasteiger partial charge in [0.2, 0.25) is 5.91 Å². The van der Waals surface area contributed by atoms with Gasteiger partial charge in [-0.15, -0.1) is 11.8 Å². The molecule has 0 aliphatic heterocycles. The topological polar surface area (TPSA) is 60.5 Å². The van der Waals surface area contributed by atoms with Crippen molar-refractivity contribution >= 4 is 44.4 Å². The van der Waals surface area contributed by atoms with Crippen LogP contribution >= 0.6 is 23.1 Å². The van der Waals surface area contributed by atoms with Crippen molar-refractivity contribution in [3.63, 3.8) is 0 Å². The highest BCUT2D eigenvalue weighted by molar-refractivity contribution is 7.99. The van der Waals surface area contributed by atoms with E-state index in [1.165, 1.54) is 11.3 Å². The maximum Gasteiger partial charge on any atom is 0.226 e. The fourth-order valence-corrected chi connectivity index (χ4v) is 4.01. The van der Waals surface area contributed by atoms with Crippen LogP contribution in [0.3, 0.4) is 0 Å². The molecule has 0 radical (unpaired) electrons. The Morgan fingerprint density at radius 3 is 2.68 bits per heavy atom. The number of carbonyl (C=O) groups excluding carboxylic acids is 1. The third kappa shape index (κ3) is 4.43. The van der Waals surface area contributed by atoms with Crippen molar-refractivity contribution in [1.82, 2.24) is 4.98 Å². The number of hydrogen-bond acceptors (Lipinski definition) is 6. The Labute approximate surface area is 154 Å². The lowest BCUT2D eigenvalue weighted by atomic mass is 10.3. The average Bonchev–Trinajstić information content (AvgIpc) is 3.04. The van der Waals surface area contributed by atoms with E-state index in [0.29, 0.717) is 23.1 Å². The Kier molecular flexibility index (Phi) is 5.78. The predicted octanol–water partition coefficient (Wildman–Crippen LogP) is 4.43. The van der Waals surface area contributed by atoms with Crippen molar-refractivity contribution in [1.29, 1.82) is 0 Å². The van der Waals surface area contributed by atoms with Gasteiger partial charge in [0.15, 0.2) is 5.13 Å². The number of benzene rings is 2. The molecule has 0 unspecified atom stereocenters. The molecule has 2 aromatic carbocycles. The van der Waals surface area contributed by atoms with Crippen LogP contribution in [0.25, 0.3) is 10.2 Å². The molecular weight excluding hydrogens is 356 g/mol. The quantitative estimate of drug-likeness (QED) is 0.620. The number of nitrogens with one attached hydrogen (secondary N) is 1. The summed E-state index contributed by atoms with van der Waals surface area (Å²) in [6.45, 7) is 0. The normalized spacial score (nSPS) is 10.6. The molecular formula is C18H18N2O3S2. The summed E-state index contributed by atoms with van der Waals surface area (Å²) in [6, 6.07) is 13.5. The number of carbonyl (C=O) groups is 1. The molecule has 0 aliphatic rings. The molecule has 25 heavy (non-hydrogen) atoms. The highest BCUT2D eigenvalue weighted by Gasteiger charge is 2.11. The highest BCUT2D eigenvalue weighted by atomic mass is 32.2. The highest BCUT2D eigenvalue weighted by Crippen LogP contribution is 2.32. The van der Waals surface area contributed by atoms with Crippen LogP contribution in [0.15, 0.2) is 47.4 Å². The Morgan fingerprint density at radius 1 is 1.16 bits per heavy atom. The number of hydrogen-bond donors (Lipinski definition) is 1. The summed E-state index contributed by atoms with van der Waals surface area (Å²) >= 11 is 3.08. The summed E-state index contributed by atoms with van der Waals surface area (Å²) < 4.78 is 11.4. The van der Waals surface area contributed by atoms with Gasteiger partial charge in [0.25, 0.3) is 0 Å². The summed E-state index contributed by atoms with van der Waals surface area (Å²) in [7, 11) is 3.26. The lowest BCUT2D eigenvalue weighted by molar-refractivity contribution is -0.115. The van der Waals surface area contributed by atoms with Crippen LogP contribution in [0, 0.1) is 0 Å². The van der Waals surface area contributed by atoms with E-state index in [0.717, 1.165) is 20.9 Å². The van der Waals surface area contributed by atoms with E-state index in [-0.39, 0.29) is 5.91 Å². The third-order valence-corrected chi connectivity index (χ3v) is 5.46. The average molecular weight is 374 g/mol. The molecule has 0 saturated carbocycles. The Balaban J connectivity index is 1.53. The number of ether oxygens (including phenoxy) is 2. The molecule has 7 heteroatoms. The first kappa shape index (κ1) is 17.6. The molecule has 1 heterocycles. The summed E-state index contributed by atoms with van der Waals surface area (Å²) in [5, 5.41) is 3.46. The maximum atomic E-state index is 12.1. The van der Waals surface area contributed by atoms with Gasteiger partial charge in [0.1, 0.15) is 17.0 Å². The van der Waals surface area contributed by atoms with Gasteiger partial charge in [-0.05, 0) is 36.4 Å². The largest absolute Gasteiger partial charge is 0.497 e. The number of fused-ring (bicyclic) bond motifs is 1. The Bertz CT molecular complexity index is 862. The number of aromatic nitrogens is 1. The van der Waals surface area contributed by atoms with Crippen molar-refractivity contribution in [2.45, 2.75) is 11.3 Å². The van der Waals surface area contributed by atoms with Gasteiger partial charge in [0, 0.05) is 17.1 Å². The van der Waals surface area contributed by atoms with Crippen LogP contribution in [-0.2, 0) is 4.79 Å². The fraction of sp³-hybridized carbons (Fsp3) is 0.222. The van der Waals surface area contributed by atoms with E-state index in [1.54, 1.807) is 26.0 Å². The van der Waals surface area contributed by atoms with Crippen molar-refractivity contribution in [3.05, 3.63) is 42.5 Å². The van der Waals surface area contributed by atoms with E-state index in [1.807, 2.05) is 42.5 Å². The first-order valence-corrected chi connectivity index (χ1v) is 9.50. The van der Waals surface area contributed by atoms with Crippen LogP contribution < -0.4 is 14.8 Å². The monoisotopic (exact) mass is 374 g/mol. The molecule has 0 saturated heterocycles. The standard InChI is InChI=1S/C18H18N2O3S2/c1-22-12-6-8-13(9-7-12)24-11-10-16(21)19-18-20-17-14(23-2)4-3-5-15(17)25-18/h3-9H,10-11H2,1-2H3,(H,19,20,21). The molecule has 0 atom stereocenters. The molecule has 0 aliphatic carbocycles. The number of nitrogens with zero attached hydrogens (tertiary/aromatic N) is 1. The van der Waals surface area contributed by atoms with Crippen LogP contribution in [0.2, 0.25) is 0 Å². The molecule has 3 rings (SSSR count). The van der Waals surface area contributed by atoms with Gasteiger partial charge in [-0.2, -0.15) is 0 Å². The Morgan fingerprint density at radius 2 is 1.96 bits per heavy atom. The summed E-state index contributed by atoms with van der Waals surface area (Å²) in [5.41, 5.74) is 0.776. The first-order chi connectivity index (χ1) is 12.2. The third-order valence-electron chi connectivity index (χ3n) is 3.51. The predicted molar refractivity (Wildman–Crippen MR) is 103 cm³/mol. The van der Waals surface area contributed by atoms with E-state index in [9.17, 15) is 4.79 Å². The van der Waals surface area contributed by atoms with Crippen molar-refractivity contribution in [2.24, 2.45) is 0 Å². The number of rotatable bonds is 7. The van der Waals surface area contributed by atoms with E-state index in [4.69, 9.17) is 9.47 Å². The van der Waals surface area contributed by atoms with Crippen LogP contribution in [-0.4, -0.2) is 30.9 Å². The molecule has 1 aromatic heterocycles. The molecule has 5 nitrogen and oxygen atoms in total. The van der Waals surface area contributed by atoms with Crippen molar-refractivity contribution in [3.8, 4) is 11.5 Å². The van der Waals surface area contributed by atoms with Crippen molar-refractivity contribution in [2.75, 3.05) is 25.3 Å². The maximum absolute atomic E-state index is 12.1. The minimum Gasteiger partial charge on any atom is -0.497 e. The number of thiazole rings is 1. The van der Waals surface area contributed by atoms with Gasteiger partial charge in [-0.3, -0.25) is 4.79 Å². The van der Waals surface area contributed by atoms with Crippen LogP contribution in [0.1, 0.15) is 6.42 Å². The fourth-order valence-electron chi connectivity index (χ4n) is 2.26. The minimum absolute atomic E-state index is 0.0426. The summed E-state index contributed by atoms with van der Waals surface area (Å²) in [6.07, 6.45) is 0.420. The molecule has 1 amide bonds. The number of thioether (sulfide) groups is 1. The SMILES string of the molecule is COc1ccc(SCCC(=O)Nc2nc3c(OC)cccc3s2)cc1. The molecule has 0 bridgehead atoms. The van der Waals surface area contributed by atoms with E-state index < -0.39 is 0 Å². The lowest BCUT2D eigenvalue weighted by Crippen LogP contribution is -2.11. The zero-order valence-corrected chi connectivity index (χ0v) is 15.6. The summed E-state index contributed by atoms with van der Waals surface area (Å²) in [5.74, 6) is 2.20. The van der Waals surface area contributed by atoms with Crippen LogP contribution in [0.5, 0.6) is 11.5 Å². The molecule has 1 N–H and O–H groups in total. The zero-order valence-electron chi connectivity index (χ0n) is 13.9. The molecule has 0 spiro atoms. The number of methoxy groups -OCH3 is 2. The zero-order chi connectivity index (χ0) is 17.6. The second-order valence-corrected chi connectivity index (χ2v) is 7.35. The van der Waals surface area contributed by atoms with Gasteiger partial charge >= 0.3 is 0 Å². The first-order valence-electron chi connectivity index (χ1n) is 7.70. The van der Waals surface area contributed by atoms with Gasteiger partial charge in [-0.25, -0.2) is 4.98 Å². The number of para-hydroxylation sites is 1. The molecule has 130 valence electrons. The smallest absolute Gasteiger partial charge is 0.226 e. The molecule has 3 aromatic rings. The van der Waals surface area contributed by atoms with Gasteiger partial charge < -0.3 is 14.8 Å². The number of amides is 1.